The minimum Gasteiger partial charge on any atom is -0.353 e. The largest absolute Gasteiger partial charge is 0.353 e. The topological polar surface area (TPSA) is 112 Å². The number of carbonyl (C=O) groups excluding carboxylic acids is 1. The van der Waals surface area contributed by atoms with Gasteiger partial charge in [-0.1, -0.05) is 32.9 Å². The second kappa shape index (κ2) is 8.67. The molecule has 8 heteroatoms. The summed E-state index contributed by atoms with van der Waals surface area (Å²) in [5, 5.41) is 12.7. The van der Waals surface area contributed by atoms with Crippen LogP contribution in [0.2, 0.25) is 0 Å². The lowest BCUT2D eigenvalue weighted by Gasteiger charge is -2.17. The standard InChI is InChI=1S/C29H25N7O/c1-29(2,3)28(37)33-19-12-18(15-30-16-19)17-7-8-23-20(13-17)27(36-35-23)25-14-21-22(34-25)9-11-32-26(21)24-6-4-5-10-31-24/h4-16,34H,1-3H3,(H,33,37)(H,35,36). The van der Waals surface area contributed by atoms with Gasteiger partial charge in [-0.2, -0.15) is 5.10 Å². The number of H-pyrrole nitrogens is 2. The van der Waals surface area contributed by atoms with Gasteiger partial charge in [0, 0.05) is 45.9 Å². The Hall–Kier alpha value is -4.85. The van der Waals surface area contributed by atoms with Gasteiger partial charge < -0.3 is 10.3 Å². The monoisotopic (exact) mass is 487 g/mol. The average molecular weight is 488 g/mol. The van der Waals surface area contributed by atoms with Crippen molar-refractivity contribution < 1.29 is 4.79 Å². The summed E-state index contributed by atoms with van der Waals surface area (Å²) >= 11 is 0. The molecule has 0 atom stereocenters. The second-order valence-corrected chi connectivity index (χ2v) is 10.0. The van der Waals surface area contributed by atoms with Gasteiger partial charge in [0.2, 0.25) is 5.91 Å². The van der Waals surface area contributed by atoms with Crippen molar-refractivity contribution in [1.82, 2.24) is 30.1 Å². The highest BCUT2D eigenvalue weighted by molar-refractivity contribution is 6.01. The molecule has 0 unspecified atom stereocenters. The molecule has 0 aliphatic heterocycles. The summed E-state index contributed by atoms with van der Waals surface area (Å²) < 4.78 is 0. The van der Waals surface area contributed by atoms with Gasteiger partial charge in [0.1, 0.15) is 5.69 Å². The molecule has 37 heavy (non-hydrogen) atoms. The molecule has 8 nitrogen and oxygen atoms in total. The normalized spacial score (nSPS) is 11.8. The minimum absolute atomic E-state index is 0.0580. The number of aromatic amines is 2. The number of amides is 1. The summed E-state index contributed by atoms with van der Waals surface area (Å²) in [6.07, 6.45) is 7.00. The van der Waals surface area contributed by atoms with Crippen LogP contribution >= 0.6 is 0 Å². The number of nitrogens with zero attached hydrogens (tertiary/aromatic N) is 4. The molecule has 5 heterocycles. The van der Waals surface area contributed by atoms with Gasteiger partial charge >= 0.3 is 0 Å². The van der Waals surface area contributed by atoms with E-state index in [9.17, 15) is 4.79 Å². The molecule has 0 bridgehead atoms. The summed E-state index contributed by atoms with van der Waals surface area (Å²) in [5.41, 5.74) is 7.26. The molecule has 0 fully saturated rings. The van der Waals surface area contributed by atoms with E-state index in [0.717, 1.165) is 55.7 Å². The first-order valence-corrected chi connectivity index (χ1v) is 12.0. The molecule has 3 N–H and O–H groups in total. The lowest BCUT2D eigenvalue weighted by molar-refractivity contribution is -0.123. The highest BCUT2D eigenvalue weighted by Crippen LogP contribution is 2.34. The van der Waals surface area contributed by atoms with Gasteiger partial charge in [0.15, 0.2) is 0 Å². The molecule has 0 spiro atoms. The van der Waals surface area contributed by atoms with Crippen LogP contribution in [0.25, 0.3) is 55.7 Å². The molecular weight excluding hydrogens is 462 g/mol. The number of rotatable bonds is 4. The quantitative estimate of drug-likeness (QED) is 0.273. The number of hydrogen-bond donors (Lipinski definition) is 3. The van der Waals surface area contributed by atoms with Crippen molar-refractivity contribution in [1.29, 1.82) is 0 Å². The molecule has 1 aromatic carbocycles. The molecular formula is C29H25N7O. The number of fused-ring (bicyclic) bond motifs is 2. The van der Waals surface area contributed by atoms with E-state index in [1.807, 2.05) is 63.2 Å². The number of benzene rings is 1. The SMILES string of the molecule is CC(C)(C)C(=O)Nc1cncc(-c2ccc3[nH]nc(-c4cc5c(-c6ccccn6)nccc5[nH]4)c3c2)c1. The molecule has 182 valence electrons. The van der Waals surface area contributed by atoms with E-state index >= 15 is 0 Å². The first-order chi connectivity index (χ1) is 17.9. The van der Waals surface area contributed by atoms with Crippen LogP contribution in [0.4, 0.5) is 5.69 Å². The first-order valence-electron chi connectivity index (χ1n) is 12.0. The van der Waals surface area contributed by atoms with Gasteiger partial charge in [-0.3, -0.25) is 24.8 Å². The zero-order valence-corrected chi connectivity index (χ0v) is 20.7. The number of carbonyl (C=O) groups is 1. The summed E-state index contributed by atoms with van der Waals surface area (Å²) in [5.74, 6) is -0.0580. The summed E-state index contributed by atoms with van der Waals surface area (Å²) in [7, 11) is 0. The van der Waals surface area contributed by atoms with Gasteiger partial charge in [0.05, 0.1) is 34.5 Å². The Morgan fingerprint density at radius 3 is 2.51 bits per heavy atom. The van der Waals surface area contributed by atoms with E-state index in [4.69, 9.17) is 0 Å². The van der Waals surface area contributed by atoms with Crippen LogP contribution in [0.3, 0.4) is 0 Å². The Morgan fingerprint density at radius 2 is 1.70 bits per heavy atom. The zero-order chi connectivity index (χ0) is 25.6. The van der Waals surface area contributed by atoms with Crippen LogP contribution in [-0.2, 0) is 4.79 Å². The highest BCUT2D eigenvalue weighted by atomic mass is 16.2. The maximum atomic E-state index is 12.4. The van der Waals surface area contributed by atoms with Crippen molar-refractivity contribution in [3.05, 3.63) is 79.4 Å². The van der Waals surface area contributed by atoms with Crippen molar-refractivity contribution in [3.8, 4) is 33.9 Å². The molecule has 6 aromatic rings. The number of hydrogen-bond acceptors (Lipinski definition) is 5. The predicted octanol–water partition coefficient (Wildman–Crippen LogP) is 6.21. The Kier molecular flexibility index (Phi) is 5.30. The summed E-state index contributed by atoms with van der Waals surface area (Å²) in [4.78, 5) is 29.4. The van der Waals surface area contributed by atoms with Gasteiger partial charge in [-0.15, -0.1) is 0 Å². The van der Waals surface area contributed by atoms with Crippen LogP contribution in [0.15, 0.2) is 79.4 Å². The molecule has 0 saturated heterocycles. The van der Waals surface area contributed by atoms with E-state index in [2.05, 4.69) is 47.6 Å². The smallest absolute Gasteiger partial charge is 0.229 e. The fourth-order valence-electron chi connectivity index (χ4n) is 4.27. The molecule has 0 saturated carbocycles. The van der Waals surface area contributed by atoms with Crippen LogP contribution in [-0.4, -0.2) is 36.0 Å². The van der Waals surface area contributed by atoms with E-state index < -0.39 is 5.41 Å². The van der Waals surface area contributed by atoms with Crippen molar-refractivity contribution in [2.24, 2.45) is 5.41 Å². The molecule has 0 aliphatic rings. The van der Waals surface area contributed by atoms with E-state index in [1.54, 1.807) is 24.8 Å². The van der Waals surface area contributed by atoms with E-state index in [0.29, 0.717) is 5.69 Å². The first kappa shape index (κ1) is 22.6. The van der Waals surface area contributed by atoms with Crippen molar-refractivity contribution in [3.63, 3.8) is 0 Å². The summed E-state index contributed by atoms with van der Waals surface area (Å²) in [6, 6.07) is 17.9. The third-order valence-corrected chi connectivity index (χ3v) is 6.28. The maximum absolute atomic E-state index is 12.4. The van der Waals surface area contributed by atoms with Crippen molar-refractivity contribution in [2.45, 2.75) is 20.8 Å². The maximum Gasteiger partial charge on any atom is 0.229 e. The molecule has 5 aromatic heterocycles. The second-order valence-electron chi connectivity index (χ2n) is 10.0. The van der Waals surface area contributed by atoms with Crippen LogP contribution in [0, 0.1) is 5.41 Å². The predicted molar refractivity (Wildman–Crippen MR) is 146 cm³/mol. The third kappa shape index (κ3) is 4.23. The minimum atomic E-state index is -0.494. The Balaban J connectivity index is 1.40. The number of pyridine rings is 3. The summed E-state index contributed by atoms with van der Waals surface area (Å²) in [6.45, 7) is 5.65. The van der Waals surface area contributed by atoms with Crippen LogP contribution in [0.1, 0.15) is 20.8 Å². The van der Waals surface area contributed by atoms with Gasteiger partial charge in [-0.25, -0.2) is 0 Å². The van der Waals surface area contributed by atoms with Crippen LogP contribution in [0.5, 0.6) is 0 Å². The molecule has 0 radical (unpaired) electrons. The third-order valence-electron chi connectivity index (χ3n) is 6.28. The zero-order valence-electron chi connectivity index (χ0n) is 20.7. The van der Waals surface area contributed by atoms with E-state index in [-0.39, 0.29) is 5.91 Å². The number of anilines is 1. The number of nitrogens with one attached hydrogen (secondary N) is 3. The Bertz CT molecular complexity index is 1760. The fraction of sp³-hybridized carbons (Fsp3) is 0.138. The van der Waals surface area contributed by atoms with Gasteiger partial charge in [-0.05, 0) is 48.0 Å². The number of aromatic nitrogens is 6. The highest BCUT2D eigenvalue weighted by Gasteiger charge is 2.21. The Morgan fingerprint density at radius 1 is 0.838 bits per heavy atom. The van der Waals surface area contributed by atoms with Crippen molar-refractivity contribution in [2.75, 3.05) is 5.32 Å². The average Bonchev–Trinajstić information content (AvgIpc) is 3.52. The van der Waals surface area contributed by atoms with Crippen LogP contribution < -0.4 is 5.32 Å². The Labute approximate surface area is 213 Å². The van der Waals surface area contributed by atoms with E-state index in [1.165, 1.54) is 0 Å². The fourth-order valence-corrected chi connectivity index (χ4v) is 4.27. The molecule has 6 rings (SSSR count). The van der Waals surface area contributed by atoms with Crippen molar-refractivity contribution >= 4 is 33.4 Å². The molecule has 0 aliphatic carbocycles. The van der Waals surface area contributed by atoms with Gasteiger partial charge in [0.25, 0.3) is 0 Å². The lowest BCUT2D eigenvalue weighted by atomic mass is 9.95. The lowest BCUT2D eigenvalue weighted by Crippen LogP contribution is -2.27. The molecule has 1 amide bonds.